The number of rotatable bonds is 11. The van der Waals surface area contributed by atoms with Crippen molar-refractivity contribution < 1.29 is 32.9 Å². The summed E-state index contributed by atoms with van der Waals surface area (Å²) < 4.78 is 32.5. The first-order valence-corrected chi connectivity index (χ1v) is 10.5. The van der Waals surface area contributed by atoms with Gasteiger partial charge in [0, 0.05) is 17.0 Å². The maximum Gasteiger partial charge on any atom is 0.306 e. The van der Waals surface area contributed by atoms with Crippen LogP contribution in [0.1, 0.15) is 24.3 Å². The fraction of sp³-hybridized carbons (Fsp3) is 0.348. The summed E-state index contributed by atoms with van der Waals surface area (Å²) in [6.45, 7) is 2.16. The lowest BCUT2D eigenvalue weighted by Gasteiger charge is -2.12. The molecule has 0 aliphatic rings. The third-order valence-corrected chi connectivity index (χ3v) is 4.89. The Kier molecular flexibility index (Phi) is 8.37. The Morgan fingerprint density at radius 1 is 1.00 bits per heavy atom. The highest BCUT2D eigenvalue weighted by Crippen LogP contribution is 2.40. The molecule has 9 nitrogen and oxygen atoms in total. The molecule has 0 spiro atoms. The Morgan fingerprint density at radius 2 is 1.73 bits per heavy atom. The van der Waals surface area contributed by atoms with Gasteiger partial charge < -0.3 is 28.1 Å². The van der Waals surface area contributed by atoms with E-state index in [1.807, 2.05) is 13.0 Å². The van der Waals surface area contributed by atoms with Crippen LogP contribution >= 0.6 is 11.6 Å². The lowest BCUT2D eigenvalue weighted by atomic mass is 10.2. The molecule has 33 heavy (non-hydrogen) atoms. The minimum atomic E-state index is -0.390. The first kappa shape index (κ1) is 24.2. The summed E-state index contributed by atoms with van der Waals surface area (Å²) in [5, 5.41) is 8.58. The molecule has 1 aromatic heterocycles. The van der Waals surface area contributed by atoms with E-state index in [2.05, 4.69) is 10.2 Å². The van der Waals surface area contributed by atoms with Gasteiger partial charge in [0.25, 0.3) is 5.89 Å². The van der Waals surface area contributed by atoms with Crippen molar-refractivity contribution in [2.75, 3.05) is 27.9 Å². The molecule has 1 heterocycles. The summed E-state index contributed by atoms with van der Waals surface area (Å²) >= 11 is 5.93. The molecule has 0 fully saturated rings. The highest BCUT2D eigenvalue weighted by atomic mass is 35.5. The highest BCUT2D eigenvalue weighted by molar-refractivity contribution is 6.30. The van der Waals surface area contributed by atoms with Crippen molar-refractivity contribution >= 4 is 17.6 Å². The third kappa shape index (κ3) is 6.29. The summed E-state index contributed by atoms with van der Waals surface area (Å²) in [4.78, 5) is 12.0. The number of halogens is 1. The van der Waals surface area contributed by atoms with Crippen molar-refractivity contribution in [2.24, 2.45) is 0 Å². The second-order valence-electron chi connectivity index (χ2n) is 6.94. The molecule has 2 aromatic carbocycles. The molecule has 0 bridgehead atoms. The number of aromatic nitrogens is 2. The number of carbonyl (C=O) groups excluding carboxylic acids is 1. The van der Waals surface area contributed by atoms with Crippen LogP contribution in [0.2, 0.25) is 5.02 Å². The lowest BCUT2D eigenvalue weighted by Crippen LogP contribution is -2.07. The Bertz CT molecular complexity index is 1080. The number of nitrogens with zero attached hydrogens (tertiary/aromatic N) is 2. The first-order chi connectivity index (χ1) is 15.9. The number of esters is 1. The molecule has 0 atom stereocenters. The Morgan fingerprint density at radius 3 is 2.36 bits per heavy atom. The molecular weight excluding hydrogens is 452 g/mol. The van der Waals surface area contributed by atoms with Crippen LogP contribution in [0.5, 0.6) is 23.0 Å². The van der Waals surface area contributed by atoms with Crippen molar-refractivity contribution in [1.29, 1.82) is 0 Å². The number of benzene rings is 2. The van der Waals surface area contributed by atoms with Gasteiger partial charge >= 0.3 is 5.97 Å². The van der Waals surface area contributed by atoms with Crippen LogP contribution in [0.4, 0.5) is 0 Å². The molecule has 10 heteroatoms. The van der Waals surface area contributed by atoms with E-state index in [0.29, 0.717) is 40.9 Å². The minimum absolute atomic E-state index is 0.132. The molecule has 0 unspecified atom stereocenters. The van der Waals surface area contributed by atoms with E-state index >= 15 is 0 Å². The highest BCUT2D eigenvalue weighted by Gasteiger charge is 2.18. The molecule has 0 aliphatic heterocycles. The van der Waals surface area contributed by atoms with Crippen molar-refractivity contribution in [2.45, 2.75) is 26.4 Å². The standard InChI is InChI=1S/C23H25ClN2O7/c1-14-10-16(24)7-8-17(14)31-9-5-6-21(27)32-13-20-25-26-23(33-20)15-11-18(28-2)22(30-4)19(12-15)29-3/h7-8,10-12H,5-6,9,13H2,1-4H3. The van der Waals surface area contributed by atoms with E-state index in [-0.39, 0.29) is 30.8 Å². The van der Waals surface area contributed by atoms with E-state index in [9.17, 15) is 4.79 Å². The smallest absolute Gasteiger partial charge is 0.306 e. The number of ether oxygens (including phenoxy) is 5. The van der Waals surface area contributed by atoms with Gasteiger partial charge in [-0.15, -0.1) is 10.2 Å². The molecule has 176 valence electrons. The van der Waals surface area contributed by atoms with E-state index < -0.39 is 0 Å². The molecule has 0 aliphatic carbocycles. The predicted octanol–water partition coefficient (Wildman–Crippen LogP) is 4.63. The van der Waals surface area contributed by atoms with Gasteiger partial charge in [-0.1, -0.05) is 11.6 Å². The molecule has 0 N–H and O–H groups in total. The van der Waals surface area contributed by atoms with Crippen LogP contribution in [0.3, 0.4) is 0 Å². The number of carbonyl (C=O) groups is 1. The molecule has 3 rings (SSSR count). The van der Waals surface area contributed by atoms with Gasteiger partial charge in [-0.25, -0.2) is 0 Å². The summed E-state index contributed by atoms with van der Waals surface area (Å²) in [6.07, 6.45) is 0.696. The van der Waals surface area contributed by atoms with Crippen LogP contribution in [0.15, 0.2) is 34.7 Å². The Labute approximate surface area is 196 Å². The maximum absolute atomic E-state index is 12.0. The molecule has 0 radical (unpaired) electrons. The van der Waals surface area contributed by atoms with E-state index in [1.54, 1.807) is 24.3 Å². The molecule has 0 saturated heterocycles. The van der Waals surface area contributed by atoms with Crippen LogP contribution in [0.25, 0.3) is 11.5 Å². The molecule has 0 amide bonds. The monoisotopic (exact) mass is 476 g/mol. The predicted molar refractivity (Wildman–Crippen MR) is 120 cm³/mol. The van der Waals surface area contributed by atoms with Crippen LogP contribution in [-0.2, 0) is 16.1 Å². The Balaban J connectivity index is 1.50. The first-order valence-electron chi connectivity index (χ1n) is 10.1. The van der Waals surface area contributed by atoms with Gasteiger partial charge in [0.05, 0.1) is 27.9 Å². The summed E-state index contributed by atoms with van der Waals surface area (Å²) in [5.74, 6) is 2.10. The normalized spacial score (nSPS) is 10.6. The van der Waals surface area contributed by atoms with Crippen LogP contribution in [-0.4, -0.2) is 44.1 Å². The minimum Gasteiger partial charge on any atom is -0.493 e. The molecule has 0 saturated carbocycles. The van der Waals surface area contributed by atoms with E-state index in [1.165, 1.54) is 21.3 Å². The van der Waals surface area contributed by atoms with Gasteiger partial charge in [-0.3, -0.25) is 4.79 Å². The van der Waals surface area contributed by atoms with Gasteiger partial charge in [0.15, 0.2) is 18.1 Å². The van der Waals surface area contributed by atoms with Crippen LogP contribution in [0, 0.1) is 6.92 Å². The zero-order chi connectivity index (χ0) is 23.8. The summed E-state index contributed by atoms with van der Waals surface area (Å²) in [6, 6.07) is 8.76. The Hall–Kier alpha value is -3.46. The SMILES string of the molecule is COc1cc(-c2nnc(COC(=O)CCCOc3ccc(Cl)cc3C)o2)cc(OC)c1OC. The topological polar surface area (TPSA) is 102 Å². The summed E-state index contributed by atoms with van der Waals surface area (Å²) in [5.41, 5.74) is 1.51. The van der Waals surface area contributed by atoms with Crippen molar-refractivity contribution in [3.63, 3.8) is 0 Å². The van der Waals surface area contributed by atoms with Crippen molar-refractivity contribution in [3.8, 4) is 34.5 Å². The maximum atomic E-state index is 12.0. The van der Waals surface area contributed by atoms with E-state index in [0.717, 1.165) is 11.3 Å². The molecule has 3 aromatic rings. The third-order valence-electron chi connectivity index (χ3n) is 4.65. The average molecular weight is 477 g/mol. The van der Waals surface area contributed by atoms with Gasteiger partial charge in [-0.05, 0) is 49.2 Å². The van der Waals surface area contributed by atoms with Gasteiger partial charge in [0.1, 0.15) is 5.75 Å². The average Bonchev–Trinajstić information content (AvgIpc) is 3.29. The fourth-order valence-electron chi connectivity index (χ4n) is 3.02. The fourth-order valence-corrected chi connectivity index (χ4v) is 3.25. The second-order valence-corrected chi connectivity index (χ2v) is 7.37. The largest absolute Gasteiger partial charge is 0.493 e. The van der Waals surface area contributed by atoms with Gasteiger partial charge in [-0.2, -0.15) is 0 Å². The zero-order valence-electron chi connectivity index (χ0n) is 18.8. The van der Waals surface area contributed by atoms with Crippen LogP contribution < -0.4 is 18.9 Å². The second kappa shape index (κ2) is 11.4. The lowest BCUT2D eigenvalue weighted by molar-refractivity contribution is -0.145. The number of methoxy groups -OCH3 is 3. The van der Waals surface area contributed by atoms with Crippen molar-refractivity contribution in [1.82, 2.24) is 10.2 Å². The number of aryl methyl sites for hydroxylation is 1. The number of hydrogen-bond acceptors (Lipinski definition) is 9. The molecular formula is C23H25ClN2O7. The zero-order valence-corrected chi connectivity index (χ0v) is 19.6. The van der Waals surface area contributed by atoms with Gasteiger partial charge in [0.2, 0.25) is 11.6 Å². The van der Waals surface area contributed by atoms with Crippen molar-refractivity contribution in [3.05, 3.63) is 46.8 Å². The number of hydrogen-bond donors (Lipinski definition) is 0. The quantitative estimate of drug-likeness (QED) is 0.289. The van der Waals surface area contributed by atoms with E-state index in [4.69, 9.17) is 39.7 Å². The summed E-state index contributed by atoms with van der Waals surface area (Å²) in [7, 11) is 4.55.